The zero-order valence-corrected chi connectivity index (χ0v) is 21.6. The molecule has 0 fully saturated rings. The van der Waals surface area contributed by atoms with Gasteiger partial charge < -0.3 is 14.6 Å². The SMILES string of the molecule is O=S([O-])Nc1ccc(C[C@H](Nc2nnc(Cc3ccccc3)s2)c2csc(-c3cccs3)n2)cc1. The minimum Gasteiger partial charge on any atom is -0.755 e. The van der Waals surface area contributed by atoms with E-state index in [0.29, 0.717) is 12.1 Å². The van der Waals surface area contributed by atoms with Crippen molar-refractivity contribution in [1.82, 2.24) is 15.2 Å². The third-order valence-electron chi connectivity index (χ3n) is 5.17. The molecule has 0 amide bonds. The highest BCUT2D eigenvalue weighted by molar-refractivity contribution is 7.80. The molecular weight excluding hydrogens is 519 g/mol. The van der Waals surface area contributed by atoms with Crippen molar-refractivity contribution in [2.75, 3.05) is 10.0 Å². The molecular formula is C24H20N5O2S4-. The molecule has 5 rings (SSSR count). The zero-order chi connectivity index (χ0) is 24.0. The predicted molar refractivity (Wildman–Crippen MR) is 144 cm³/mol. The van der Waals surface area contributed by atoms with Crippen molar-refractivity contribution in [1.29, 1.82) is 0 Å². The van der Waals surface area contributed by atoms with Crippen LogP contribution in [0.3, 0.4) is 0 Å². The molecule has 2 atom stereocenters. The first kappa shape index (κ1) is 23.8. The van der Waals surface area contributed by atoms with Gasteiger partial charge in [0.2, 0.25) is 5.13 Å². The summed E-state index contributed by atoms with van der Waals surface area (Å²) >= 11 is 2.48. The van der Waals surface area contributed by atoms with Crippen LogP contribution in [0.4, 0.5) is 10.8 Å². The standard InChI is InChI=1S/C24H21N5O2S4/c30-35(31)29-18-10-8-17(9-11-18)13-19(20-15-33-23(25-20)21-7-4-12-32-21)26-24-28-27-22(34-24)14-16-5-2-1-3-6-16/h1-12,15,19,29H,13-14H2,(H,26,28)(H,30,31)/p-1/t19-/m0/s1. The minimum atomic E-state index is -2.35. The van der Waals surface area contributed by atoms with E-state index in [4.69, 9.17) is 4.98 Å². The Kier molecular flexibility index (Phi) is 7.60. The van der Waals surface area contributed by atoms with E-state index in [9.17, 15) is 8.76 Å². The van der Waals surface area contributed by atoms with Gasteiger partial charge in [0.25, 0.3) is 0 Å². The van der Waals surface area contributed by atoms with Gasteiger partial charge in [-0.2, -0.15) is 0 Å². The van der Waals surface area contributed by atoms with Crippen molar-refractivity contribution in [2.24, 2.45) is 0 Å². The molecule has 11 heteroatoms. The Morgan fingerprint density at radius 1 is 0.943 bits per heavy atom. The summed E-state index contributed by atoms with van der Waals surface area (Å²) in [4.78, 5) is 6.05. The molecule has 0 saturated carbocycles. The molecule has 1 unspecified atom stereocenters. The quantitative estimate of drug-likeness (QED) is 0.214. The number of hydrogen-bond donors (Lipinski definition) is 2. The maximum atomic E-state index is 10.9. The smallest absolute Gasteiger partial charge is 0.206 e. The lowest BCUT2D eigenvalue weighted by molar-refractivity contribution is 0.542. The number of nitrogens with zero attached hydrogens (tertiary/aromatic N) is 3. The number of thiazole rings is 1. The van der Waals surface area contributed by atoms with Crippen LogP contribution in [0.1, 0.15) is 27.9 Å². The highest BCUT2D eigenvalue weighted by Crippen LogP contribution is 2.33. The van der Waals surface area contributed by atoms with Crippen molar-refractivity contribution in [3.63, 3.8) is 0 Å². The second-order valence-corrected chi connectivity index (χ2v) is 11.2. The van der Waals surface area contributed by atoms with E-state index in [1.807, 2.05) is 41.8 Å². The van der Waals surface area contributed by atoms with E-state index in [-0.39, 0.29) is 6.04 Å². The summed E-state index contributed by atoms with van der Waals surface area (Å²) < 4.78 is 24.2. The first-order chi connectivity index (χ1) is 17.1. The van der Waals surface area contributed by atoms with Gasteiger partial charge in [-0.25, -0.2) is 4.98 Å². The number of benzene rings is 2. The fourth-order valence-electron chi connectivity index (χ4n) is 3.53. The first-order valence-electron chi connectivity index (χ1n) is 10.7. The van der Waals surface area contributed by atoms with Crippen molar-refractivity contribution < 1.29 is 8.76 Å². The molecule has 7 nitrogen and oxygen atoms in total. The Labute approximate surface area is 217 Å². The Balaban J connectivity index is 1.36. The number of rotatable bonds is 10. The second-order valence-electron chi connectivity index (χ2n) is 7.65. The predicted octanol–water partition coefficient (Wildman–Crippen LogP) is 5.92. The lowest BCUT2D eigenvalue weighted by Crippen LogP contribution is -2.14. The normalized spacial score (nSPS) is 12.8. The lowest BCUT2D eigenvalue weighted by Gasteiger charge is -2.17. The number of anilines is 2. The van der Waals surface area contributed by atoms with E-state index >= 15 is 0 Å². The van der Waals surface area contributed by atoms with Gasteiger partial charge in [0, 0.05) is 28.8 Å². The molecule has 3 aromatic heterocycles. The van der Waals surface area contributed by atoms with Gasteiger partial charge >= 0.3 is 0 Å². The second kappa shape index (κ2) is 11.2. The molecule has 0 bridgehead atoms. The number of thiophene rings is 1. The molecule has 35 heavy (non-hydrogen) atoms. The molecule has 3 heterocycles. The van der Waals surface area contributed by atoms with Crippen LogP contribution in [-0.4, -0.2) is 23.9 Å². The molecule has 0 spiro atoms. The van der Waals surface area contributed by atoms with Crippen molar-refractivity contribution in [2.45, 2.75) is 18.9 Å². The Morgan fingerprint density at radius 2 is 1.77 bits per heavy atom. The van der Waals surface area contributed by atoms with Crippen LogP contribution >= 0.6 is 34.0 Å². The van der Waals surface area contributed by atoms with E-state index in [1.54, 1.807) is 46.1 Å². The molecule has 2 aromatic carbocycles. The van der Waals surface area contributed by atoms with Gasteiger partial charge in [0.15, 0.2) is 0 Å². The van der Waals surface area contributed by atoms with Crippen LogP contribution in [-0.2, 0) is 24.1 Å². The maximum absolute atomic E-state index is 10.9. The summed E-state index contributed by atoms with van der Waals surface area (Å²) in [6, 6.07) is 21.5. The zero-order valence-electron chi connectivity index (χ0n) is 18.3. The molecule has 5 aromatic rings. The van der Waals surface area contributed by atoms with Crippen LogP contribution in [0.15, 0.2) is 77.5 Å². The molecule has 0 radical (unpaired) electrons. The Bertz CT molecular complexity index is 1390. The summed E-state index contributed by atoms with van der Waals surface area (Å²) in [6.45, 7) is 0. The van der Waals surface area contributed by atoms with Gasteiger partial charge in [-0.15, -0.1) is 32.9 Å². The van der Waals surface area contributed by atoms with E-state index in [2.05, 4.69) is 43.8 Å². The first-order valence-corrected chi connectivity index (χ1v) is 14.3. The fourth-order valence-corrected chi connectivity index (χ4v) is 6.38. The van der Waals surface area contributed by atoms with Gasteiger partial charge in [-0.05, 0) is 41.1 Å². The topological polar surface area (TPSA) is 103 Å². The van der Waals surface area contributed by atoms with Crippen molar-refractivity contribution in [3.05, 3.63) is 99.3 Å². The third-order valence-corrected chi connectivity index (χ3v) is 8.33. The average Bonchev–Trinajstić information content (AvgIpc) is 3.62. The van der Waals surface area contributed by atoms with Crippen molar-refractivity contribution >= 4 is 56.1 Å². The molecule has 0 aliphatic rings. The molecule has 178 valence electrons. The number of hydrogen-bond acceptors (Lipinski definition) is 9. The Morgan fingerprint density at radius 3 is 2.51 bits per heavy atom. The summed E-state index contributed by atoms with van der Waals surface area (Å²) in [5, 5.41) is 19.1. The van der Waals surface area contributed by atoms with Gasteiger partial charge in [0.1, 0.15) is 10.0 Å². The van der Waals surface area contributed by atoms with Gasteiger partial charge in [-0.3, -0.25) is 4.21 Å². The van der Waals surface area contributed by atoms with Crippen LogP contribution in [0.5, 0.6) is 0 Å². The van der Waals surface area contributed by atoms with Crippen molar-refractivity contribution in [3.8, 4) is 9.88 Å². The van der Waals surface area contributed by atoms with Crippen LogP contribution in [0.25, 0.3) is 9.88 Å². The summed E-state index contributed by atoms with van der Waals surface area (Å²) in [6.07, 6.45) is 1.39. The molecule has 0 aliphatic carbocycles. The van der Waals surface area contributed by atoms with E-state index < -0.39 is 11.3 Å². The number of aromatic nitrogens is 3. The highest BCUT2D eigenvalue weighted by atomic mass is 32.2. The fraction of sp³-hybridized carbons (Fsp3) is 0.125. The number of nitrogens with one attached hydrogen (secondary N) is 2. The monoisotopic (exact) mass is 538 g/mol. The molecule has 2 N–H and O–H groups in total. The van der Waals surface area contributed by atoms with Gasteiger partial charge in [-0.1, -0.05) is 59.9 Å². The van der Waals surface area contributed by atoms with E-state index in [0.717, 1.165) is 37.7 Å². The van der Waals surface area contributed by atoms with Crippen LogP contribution in [0, 0.1) is 0 Å². The summed E-state index contributed by atoms with van der Waals surface area (Å²) in [5.41, 5.74) is 3.69. The maximum Gasteiger partial charge on any atom is 0.206 e. The highest BCUT2D eigenvalue weighted by Gasteiger charge is 2.19. The average molecular weight is 539 g/mol. The van der Waals surface area contributed by atoms with E-state index in [1.165, 1.54) is 5.56 Å². The summed E-state index contributed by atoms with van der Waals surface area (Å²) in [7, 11) is 0. The molecule has 0 saturated heterocycles. The Hall–Kier alpha value is -2.96. The summed E-state index contributed by atoms with van der Waals surface area (Å²) in [5.74, 6) is 0. The minimum absolute atomic E-state index is 0.120. The molecule has 0 aliphatic heterocycles. The van der Waals surface area contributed by atoms with Crippen LogP contribution < -0.4 is 10.0 Å². The van der Waals surface area contributed by atoms with Gasteiger partial charge in [0.05, 0.1) is 16.6 Å². The largest absolute Gasteiger partial charge is 0.755 e. The lowest BCUT2D eigenvalue weighted by atomic mass is 10.0. The van der Waals surface area contributed by atoms with Crippen LogP contribution in [0.2, 0.25) is 0 Å². The third kappa shape index (κ3) is 6.38.